The summed E-state index contributed by atoms with van der Waals surface area (Å²) in [7, 11) is 2.07. The second-order valence-electron chi connectivity index (χ2n) is 3.87. The van der Waals surface area contributed by atoms with Crippen LogP contribution in [0, 0.1) is 0 Å². The van der Waals surface area contributed by atoms with Gasteiger partial charge in [-0.05, 0) is 22.0 Å². The molecule has 0 atom stereocenters. The summed E-state index contributed by atoms with van der Waals surface area (Å²) in [6.45, 7) is 6.65. The van der Waals surface area contributed by atoms with Gasteiger partial charge in [-0.1, -0.05) is 20.8 Å². The van der Waals surface area contributed by atoms with Crippen LogP contribution in [-0.2, 0) is 12.5 Å². The fourth-order valence-corrected chi connectivity index (χ4v) is 2.38. The molecule has 0 spiro atoms. The molecular formula is C9H14BrN. The Morgan fingerprint density at radius 2 is 1.91 bits per heavy atom. The van der Waals surface area contributed by atoms with Gasteiger partial charge in [-0.15, -0.1) is 0 Å². The molecular weight excluding hydrogens is 202 g/mol. The van der Waals surface area contributed by atoms with Gasteiger partial charge >= 0.3 is 0 Å². The highest BCUT2D eigenvalue weighted by Crippen LogP contribution is 2.29. The zero-order valence-corrected chi connectivity index (χ0v) is 9.07. The molecule has 0 unspecified atom stereocenters. The monoisotopic (exact) mass is 215 g/mol. The molecule has 1 aromatic rings. The number of halogens is 1. The van der Waals surface area contributed by atoms with Crippen LogP contribution in [0.2, 0.25) is 0 Å². The predicted octanol–water partition coefficient (Wildman–Crippen LogP) is 3.09. The quantitative estimate of drug-likeness (QED) is 0.628. The summed E-state index contributed by atoms with van der Waals surface area (Å²) in [6.07, 6.45) is 2.07. The predicted molar refractivity (Wildman–Crippen MR) is 51.8 cm³/mol. The maximum absolute atomic E-state index is 3.53. The molecule has 0 N–H and O–H groups in total. The van der Waals surface area contributed by atoms with E-state index in [9.17, 15) is 0 Å². The van der Waals surface area contributed by atoms with Crippen molar-refractivity contribution in [3.63, 3.8) is 0 Å². The second-order valence-corrected chi connectivity index (χ2v) is 4.73. The Labute approximate surface area is 76.5 Å². The van der Waals surface area contributed by atoms with Gasteiger partial charge in [0.1, 0.15) is 0 Å². The van der Waals surface area contributed by atoms with E-state index in [1.165, 1.54) is 10.2 Å². The van der Waals surface area contributed by atoms with Crippen LogP contribution in [-0.4, -0.2) is 4.57 Å². The van der Waals surface area contributed by atoms with E-state index in [4.69, 9.17) is 0 Å². The molecule has 11 heavy (non-hydrogen) atoms. The van der Waals surface area contributed by atoms with E-state index in [1.807, 2.05) is 0 Å². The topological polar surface area (TPSA) is 4.93 Å². The zero-order chi connectivity index (χ0) is 8.65. The fourth-order valence-electron chi connectivity index (χ4n) is 1.39. The van der Waals surface area contributed by atoms with Crippen LogP contribution in [0.1, 0.15) is 26.5 Å². The lowest BCUT2D eigenvalue weighted by atomic mass is 9.92. The van der Waals surface area contributed by atoms with Gasteiger partial charge in [0.2, 0.25) is 0 Å². The summed E-state index contributed by atoms with van der Waals surface area (Å²) in [6, 6.07) is 2.08. The fraction of sp³-hybridized carbons (Fsp3) is 0.556. The maximum atomic E-state index is 3.53. The average Bonchev–Trinajstić information content (AvgIpc) is 2.08. The summed E-state index contributed by atoms with van der Waals surface area (Å²) in [4.78, 5) is 0. The van der Waals surface area contributed by atoms with Crippen molar-refractivity contribution in [3.8, 4) is 0 Å². The van der Waals surface area contributed by atoms with Gasteiger partial charge in [0.05, 0.1) is 0 Å². The van der Waals surface area contributed by atoms with Crippen LogP contribution in [0.15, 0.2) is 16.7 Å². The van der Waals surface area contributed by atoms with Gasteiger partial charge in [0, 0.05) is 28.8 Å². The first-order valence-electron chi connectivity index (χ1n) is 3.74. The lowest BCUT2D eigenvalue weighted by Gasteiger charge is -2.20. The van der Waals surface area contributed by atoms with Crippen LogP contribution in [0.25, 0.3) is 0 Å². The standard InChI is InChI=1S/C9H14BrN/c1-9(2,3)8-7(10)5-6-11(8)4/h5-6H,1-4H3. The third-order valence-corrected chi connectivity index (χ3v) is 2.37. The second kappa shape index (κ2) is 2.67. The van der Waals surface area contributed by atoms with Crippen LogP contribution in [0.3, 0.4) is 0 Å². The normalized spacial score (nSPS) is 12.1. The number of aromatic nitrogens is 1. The minimum atomic E-state index is 0.219. The molecule has 0 aliphatic rings. The lowest BCUT2D eigenvalue weighted by Crippen LogP contribution is -2.16. The average molecular weight is 216 g/mol. The van der Waals surface area contributed by atoms with Gasteiger partial charge < -0.3 is 4.57 Å². The summed E-state index contributed by atoms with van der Waals surface area (Å²) >= 11 is 3.53. The van der Waals surface area contributed by atoms with Gasteiger partial charge in [0.25, 0.3) is 0 Å². The maximum Gasteiger partial charge on any atom is 0.0389 e. The van der Waals surface area contributed by atoms with Gasteiger partial charge in [-0.2, -0.15) is 0 Å². The zero-order valence-electron chi connectivity index (χ0n) is 7.48. The first-order chi connectivity index (χ1) is 4.93. The summed E-state index contributed by atoms with van der Waals surface area (Å²) < 4.78 is 3.36. The molecule has 1 nitrogen and oxygen atoms in total. The van der Waals surface area contributed by atoms with Crippen molar-refractivity contribution >= 4 is 15.9 Å². The Bertz CT molecular complexity index is 236. The van der Waals surface area contributed by atoms with Crippen LogP contribution >= 0.6 is 15.9 Å². The molecule has 0 aromatic carbocycles. The van der Waals surface area contributed by atoms with Crippen molar-refractivity contribution in [1.29, 1.82) is 0 Å². The Hall–Kier alpha value is -0.240. The molecule has 0 bridgehead atoms. The Kier molecular flexibility index (Phi) is 2.15. The molecule has 0 aliphatic carbocycles. The molecule has 62 valence electrons. The first-order valence-corrected chi connectivity index (χ1v) is 4.53. The summed E-state index contributed by atoms with van der Waals surface area (Å²) in [5, 5.41) is 0. The third kappa shape index (κ3) is 1.67. The lowest BCUT2D eigenvalue weighted by molar-refractivity contribution is 0.540. The van der Waals surface area contributed by atoms with Crippen molar-refractivity contribution in [2.24, 2.45) is 7.05 Å². The first kappa shape index (κ1) is 8.85. The number of rotatable bonds is 0. The molecule has 1 heterocycles. The van der Waals surface area contributed by atoms with E-state index < -0.39 is 0 Å². The van der Waals surface area contributed by atoms with Gasteiger partial charge in [0.15, 0.2) is 0 Å². The van der Waals surface area contributed by atoms with E-state index in [0.717, 1.165) is 0 Å². The number of hydrogen-bond donors (Lipinski definition) is 0. The SMILES string of the molecule is Cn1ccc(Br)c1C(C)(C)C. The van der Waals surface area contributed by atoms with Gasteiger partial charge in [-0.25, -0.2) is 0 Å². The minimum Gasteiger partial charge on any atom is -0.353 e. The van der Waals surface area contributed by atoms with E-state index >= 15 is 0 Å². The van der Waals surface area contributed by atoms with Gasteiger partial charge in [-0.3, -0.25) is 0 Å². The minimum absolute atomic E-state index is 0.219. The van der Waals surface area contributed by atoms with Crippen molar-refractivity contribution in [3.05, 3.63) is 22.4 Å². The Morgan fingerprint density at radius 3 is 2.09 bits per heavy atom. The van der Waals surface area contributed by atoms with E-state index in [0.29, 0.717) is 0 Å². The van der Waals surface area contributed by atoms with Crippen LogP contribution in [0.5, 0.6) is 0 Å². The molecule has 0 fully saturated rings. The molecule has 0 amide bonds. The molecule has 0 saturated heterocycles. The summed E-state index contributed by atoms with van der Waals surface area (Å²) in [5.74, 6) is 0. The van der Waals surface area contributed by atoms with E-state index in [2.05, 4.69) is 60.6 Å². The Balaban J connectivity index is 3.21. The van der Waals surface area contributed by atoms with Crippen LogP contribution < -0.4 is 0 Å². The Morgan fingerprint density at radius 1 is 1.36 bits per heavy atom. The van der Waals surface area contributed by atoms with Crippen LogP contribution in [0.4, 0.5) is 0 Å². The van der Waals surface area contributed by atoms with E-state index in [1.54, 1.807) is 0 Å². The number of aryl methyl sites for hydroxylation is 1. The molecule has 2 heteroatoms. The molecule has 1 aromatic heterocycles. The van der Waals surface area contributed by atoms with E-state index in [-0.39, 0.29) is 5.41 Å². The number of nitrogens with zero attached hydrogens (tertiary/aromatic N) is 1. The third-order valence-electron chi connectivity index (χ3n) is 1.73. The molecule has 0 radical (unpaired) electrons. The largest absolute Gasteiger partial charge is 0.353 e. The molecule has 1 rings (SSSR count). The highest BCUT2D eigenvalue weighted by Gasteiger charge is 2.19. The highest BCUT2D eigenvalue weighted by molar-refractivity contribution is 9.10. The van der Waals surface area contributed by atoms with Crippen molar-refractivity contribution in [1.82, 2.24) is 4.57 Å². The number of hydrogen-bond acceptors (Lipinski definition) is 0. The molecule has 0 saturated carbocycles. The van der Waals surface area contributed by atoms with Crippen molar-refractivity contribution in [2.45, 2.75) is 26.2 Å². The highest BCUT2D eigenvalue weighted by atomic mass is 79.9. The van der Waals surface area contributed by atoms with Crippen molar-refractivity contribution in [2.75, 3.05) is 0 Å². The van der Waals surface area contributed by atoms with Crippen molar-refractivity contribution < 1.29 is 0 Å². The molecule has 0 aliphatic heterocycles. The summed E-state index contributed by atoms with van der Waals surface area (Å²) in [5.41, 5.74) is 1.56. The smallest absolute Gasteiger partial charge is 0.0389 e.